The molecule has 0 aliphatic carbocycles. The molecule has 0 spiro atoms. The maximum atomic E-state index is 13.5. The van der Waals surface area contributed by atoms with Crippen LogP contribution >= 0.6 is 0 Å². The van der Waals surface area contributed by atoms with Gasteiger partial charge in [-0.25, -0.2) is 4.98 Å². The van der Waals surface area contributed by atoms with Crippen molar-refractivity contribution in [3.8, 4) is 5.69 Å². The molecule has 1 aliphatic heterocycles. The second-order valence-corrected chi connectivity index (χ2v) is 9.06. The Bertz CT molecular complexity index is 1570. The molecule has 6 rings (SSSR count). The molecular formula is C25H22F3N7O. The van der Waals surface area contributed by atoms with E-state index in [4.69, 9.17) is 0 Å². The molecule has 184 valence electrons. The van der Waals surface area contributed by atoms with Crippen LogP contribution < -0.4 is 0 Å². The van der Waals surface area contributed by atoms with Gasteiger partial charge >= 0.3 is 6.18 Å². The van der Waals surface area contributed by atoms with Crippen molar-refractivity contribution in [2.45, 2.75) is 31.6 Å². The predicted octanol–water partition coefficient (Wildman–Crippen LogP) is 4.43. The van der Waals surface area contributed by atoms with Crippen molar-refractivity contribution in [2.24, 2.45) is 7.05 Å². The summed E-state index contributed by atoms with van der Waals surface area (Å²) >= 11 is 0. The molecule has 4 heterocycles. The Morgan fingerprint density at radius 3 is 2.64 bits per heavy atom. The average Bonchev–Trinajstić information content (AvgIpc) is 3.64. The Balaban J connectivity index is 1.40. The van der Waals surface area contributed by atoms with Crippen LogP contribution in [0.3, 0.4) is 0 Å². The number of halogens is 3. The molecule has 1 aliphatic rings. The lowest BCUT2D eigenvalue weighted by atomic mass is 10.1. The van der Waals surface area contributed by atoms with E-state index in [0.29, 0.717) is 30.0 Å². The van der Waals surface area contributed by atoms with Gasteiger partial charge in [-0.15, -0.1) is 0 Å². The molecule has 36 heavy (non-hydrogen) atoms. The minimum Gasteiger partial charge on any atom is -0.334 e. The molecule has 3 aromatic heterocycles. The van der Waals surface area contributed by atoms with Crippen molar-refractivity contribution >= 4 is 27.8 Å². The number of benzene rings is 2. The van der Waals surface area contributed by atoms with Crippen LogP contribution in [0.15, 0.2) is 61.3 Å². The van der Waals surface area contributed by atoms with Gasteiger partial charge in [-0.3, -0.25) is 18.7 Å². The number of nitrogens with zero attached hydrogens (tertiary/aromatic N) is 7. The quantitative estimate of drug-likeness (QED) is 0.371. The van der Waals surface area contributed by atoms with Gasteiger partial charge in [0.05, 0.1) is 23.7 Å². The highest BCUT2D eigenvalue weighted by molar-refractivity contribution is 6.10. The highest BCUT2D eigenvalue weighted by Crippen LogP contribution is 2.34. The molecule has 1 fully saturated rings. The Morgan fingerprint density at radius 1 is 1.11 bits per heavy atom. The standard InChI is InChI=1S/C25H22F3N7O/c1-32-13-21-20-11-16(24(36)34-10-2-3-19(34)12-33-15-29-14-30-33)4-9-22(20)35(23(21)31-32)18-7-5-17(6-8-18)25(26,27)28/h4-9,11,13-15,19H,2-3,10,12H2,1H3. The van der Waals surface area contributed by atoms with Crippen molar-refractivity contribution in [3.63, 3.8) is 0 Å². The Labute approximate surface area is 203 Å². The van der Waals surface area contributed by atoms with Gasteiger partial charge in [0.25, 0.3) is 5.91 Å². The SMILES string of the molecule is Cn1cc2c3cc(C(=O)N4CCCC4Cn4cncn4)ccc3n(-c3ccc(C(F)(F)F)cc3)c2n1. The van der Waals surface area contributed by atoms with Gasteiger partial charge in [0.15, 0.2) is 5.65 Å². The Hall–Kier alpha value is -4.15. The van der Waals surface area contributed by atoms with Crippen LogP contribution in [-0.2, 0) is 19.8 Å². The third kappa shape index (κ3) is 3.71. The smallest absolute Gasteiger partial charge is 0.334 e. The van der Waals surface area contributed by atoms with E-state index in [1.54, 1.807) is 28.8 Å². The molecule has 0 radical (unpaired) electrons. The third-order valence-electron chi connectivity index (χ3n) is 6.75. The first kappa shape index (κ1) is 22.3. The first-order chi connectivity index (χ1) is 17.3. The van der Waals surface area contributed by atoms with Crippen molar-refractivity contribution in [3.05, 3.63) is 72.4 Å². The molecule has 0 saturated carbocycles. The third-order valence-corrected chi connectivity index (χ3v) is 6.75. The fraction of sp³-hybridized carbons (Fsp3) is 0.280. The van der Waals surface area contributed by atoms with Crippen LogP contribution in [0.25, 0.3) is 27.6 Å². The molecule has 5 aromatic rings. The molecule has 1 saturated heterocycles. The van der Waals surface area contributed by atoms with Gasteiger partial charge in [0, 0.05) is 41.8 Å². The molecule has 2 aromatic carbocycles. The van der Waals surface area contributed by atoms with Gasteiger partial charge in [0.1, 0.15) is 12.7 Å². The maximum absolute atomic E-state index is 13.5. The van der Waals surface area contributed by atoms with Crippen molar-refractivity contribution < 1.29 is 18.0 Å². The van der Waals surface area contributed by atoms with Crippen LogP contribution in [0.4, 0.5) is 13.2 Å². The zero-order valence-corrected chi connectivity index (χ0v) is 19.4. The summed E-state index contributed by atoms with van der Waals surface area (Å²) in [6, 6.07) is 10.5. The van der Waals surface area contributed by atoms with Crippen molar-refractivity contribution in [1.82, 2.24) is 34.0 Å². The number of carbonyl (C=O) groups excluding carboxylic acids is 1. The Morgan fingerprint density at radius 2 is 1.92 bits per heavy atom. The number of alkyl halides is 3. The number of aromatic nitrogens is 6. The fourth-order valence-corrected chi connectivity index (χ4v) is 5.09. The first-order valence-corrected chi connectivity index (χ1v) is 11.6. The second-order valence-electron chi connectivity index (χ2n) is 9.06. The zero-order chi connectivity index (χ0) is 25.0. The lowest BCUT2D eigenvalue weighted by Crippen LogP contribution is -2.38. The van der Waals surface area contributed by atoms with E-state index in [-0.39, 0.29) is 11.9 Å². The molecule has 0 bridgehead atoms. The summed E-state index contributed by atoms with van der Waals surface area (Å²) in [5, 5.41) is 10.4. The van der Waals surface area contributed by atoms with Gasteiger partial charge in [-0.2, -0.15) is 23.4 Å². The van der Waals surface area contributed by atoms with E-state index < -0.39 is 11.7 Å². The monoisotopic (exact) mass is 493 g/mol. The number of hydrogen-bond donors (Lipinski definition) is 0. The van der Waals surface area contributed by atoms with Crippen LogP contribution in [0, 0.1) is 0 Å². The average molecular weight is 493 g/mol. The van der Waals surface area contributed by atoms with Crippen LogP contribution in [0.5, 0.6) is 0 Å². The number of fused-ring (bicyclic) bond motifs is 3. The number of aryl methyl sites for hydroxylation is 1. The summed E-state index contributed by atoms with van der Waals surface area (Å²) < 4.78 is 44.5. The van der Waals surface area contributed by atoms with Crippen molar-refractivity contribution in [1.29, 1.82) is 0 Å². The van der Waals surface area contributed by atoms with E-state index in [1.165, 1.54) is 18.5 Å². The fourth-order valence-electron chi connectivity index (χ4n) is 5.09. The minimum atomic E-state index is -4.41. The topological polar surface area (TPSA) is 73.8 Å². The number of likely N-dealkylation sites (tertiary alicyclic amines) is 1. The zero-order valence-electron chi connectivity index (χ0n) is 19.4. The largest absolute Gasteiger partial charge is 0.416 e. The van der Waals surface area contributed by atoms with E-state index in [2.05, 4.69) is 15.2 Å². The van der Waals surface area contributed by atoms with E-state index in [9.17, 15) is 18.0 Å². The second kappa shape index (κ2) is 8.21. The minimum absolute atomic E-state index is 0.0325. The van der Waals surface area contributed by atoms with E-state index in [1.807, 2.05) is 27.8 Å². The van der Waals surface area contributed by atoms with E-state index >= 15 is 0 Å². The lowest BCUT2D eigenvalue weighted by Gasteiger charge is -2.24. The maximum Gasteiger partial charge on any atom is 0.416 e. The summed E-state index contributed by atoms with van der Waals surface area (Å²) in [6.45, 7) is 1.26. The molecule has 11 heteroatoms. The normalized spacial score (nSPS) is 16.4. The van der Waals surface area contributed by atoms with E-state index in [0.717, 1.165) is 41.3 Å². The predicted molar refractivity (Wildman–Crippen MR) is 127 cm³/mol. The first-order valence-electron chi connectivity index (χ1n) is 11.6. The molecular weight excluding hydrogens is 471 g/mol. The number of amides is 1. The van der Waals surface area contributed by atoms with Crippen LogP contribution in [-0.4, -0.2) is 52.5 Å². The highest BCUT2D eigenvalue weighted by Gasteiger charge is 2.31. The number of carbonyl (C=O) groups is 1. The number of hydrogen-bond acceptors (Lipinski definition) is 4. The van der Waals surface area contributed by atoms with Crippen LogP contribution in [0.1, 0.15) is 28.8 Å². The highest BCUT2D eigenvalue weighted by atomic mass is 19.4. The summed E-state index contributed by atoms with van der Waals surface area (Å²) in [4.78, 5) is 19.4. The summed E-state index contributed by atoms with van der Waals surface area (Å²) in [6.07, 6.45) is 2.39. The molecule has 1 unspecified atom stereocenters. The molecule has 1 atom stereocenters. The summed E-state index contributed by atoms with van der Waals surface area (Å²) in [7, 11) is 1.79. The summed E-state index contributed by atoms with van der Waals surface area (Å²) in [5.74, 6) is -0.0566. The number of rotatable bonds is 4. The van der Waals surface area contributed by atoms with Gasteiger partial charge in [-0.1, -0.05) is 0 Å². The van der Waals surface area contributed by atoms with Gasteiger partial charge in [0.2, 0.25) is 0 Å². The van der Waals surface area contributed by atoms with Crippen molar-refractivity contribution in [2.75, 3.05) is 6.54 Å². The molecule has 1 amide bonds. The molecule has 0 N–H and O–H groups in total. The van der Waals surface area contributed by atoms with Crippen LogP contribution in [0.2, 0.25) is 0 Å². The van der Waals surface area contributed by atoms with Gasteiger partial charge < -0.3 is 4.90 Å². The lowest BCUT2D eigenvalue weighted by molar-refractivity contribution is -0.137. The summed E-state index contributed by atoms with van der Waals surface area (Å²) in [5.41, 5.74) is 1.79. The Kier molecular flexibility index (Phi) is 5.09. The molecule has 8 nitrogen and oxygen atoms in total. The van der Waals surface area contributed by atoms with Gasteiger partial charge in [-0.05, 0) is 55.3 Å².